The molecule has 1 aromatic rings. The van der Waals surface area contributed by atoms with Crippen LogP contribution in [0.5, 0.6) is 0 Å². The molecule has 0 radical (unpaired) electrons. The number of carbonyl (C=O) groups excluding carboxylic acids is 1. The van der Waals surface area contributed by atoms with Gasteiger partial charge in [0.05, 0.1) is 11.6 Å². The highest BCUT2D eigenvalue weighted by molar-refractivity contribution is 5.77. The van der Waals surface area contributed by atoms with Crippen LogP contribution in [0.2, 0.25) is 0 Å². The van der Waals surface area contributed by atoms with Crippen LogP contribution in [-0.2, 0) is 11.3 Å². The average molecular weight is 294 g/mol. The first-order valence-corrected chi connectivity index (χ1v) is 7.23. The van der Waals surface area contributed by atoms with Gasteiger partial charge < -0.3 is 15.3 Å². The molecule has 0 saturated carbocycles. The van der Waals surface area contributed by atoms with E-state index in [1.54, 1.807) is 11.1 Å². The number of hydrogen-bond donors (Lipinski definition) is 3. The second-order valence-electron chi connectivity index (χ2n) is 5.61. The van der Waals surface area contributed by atoms with Crippen molar-refractivity contribution in [2.24, 2.45) is 5.41 Å². The fraction of sp³-hybridized carbons (Fsp3) is 0.643. The lowest BCUT2D eigenvalue weighted by atomic mass is 9.76. The minimum atomic E-state index is -0.751. The van der Waals surface area contributed by atoms with Gasteiger partial charge >= 0.3 is 12.0 Å². The van der Waals surface area contributed by atoms with Crippen LogP contribution in [0.3, 0.4) is 0 Å². The zero-order valence-corrected chi connectivity index (χ0v) is 12.5. The number of amides is 2. The van der Waals surface area contributed by atoms with Crippen LogP contribution in [0.25, 0.3) is 0 Å². The fourth-order valence-electron chi connectivity index (χ4n) is 2.69. The Hall–Kier alpha value is -2.05. The predicted octanol–water partition coefficient (Wildman–Crippen LogP) is 1.50. The molecule has 0 atom stereocenters. The van der Waals surface area contributed by atoms with Gasteiger partial charge in [-0.3, -0.25) is 9.89 Å². The maximum Gasteiger partial charge on any atom is 0.317 e. The highest BCUT2D eigenvalue weighted by atomic mass is 16.4. The van der Waals surface area contributed by atoms with E-state index in [0.717, 1.165) is 11.3 Å². The number of aromatic amines is 1. The van der Waals surface area contributed by atoms with Gasteiger partial charge in [-0.2, -0.15) is 5.10 Å². The molecule has 21 heavy (non-hydrogen) atoms. The Bertz CT molecular complexity index is 518. The average Bonchev–Trinajstić information content (AvgIpc) is 2.90. The monoisotopic (exact) mass is 294 g/mol. The van der Waals surface area contributed by atoms with Crippen molar-refractivity contribution in [2.45, 2.75) is 39.7 Å². The molecule has 0 spiro atoms. The summed E-state index contributed by atoms with van der Waals surface area (Å²) in [6.07, 6.45) is 3.32. The Balaban J connectivity index is 1.86. The number of aryl methyl sites for hydroxylation is 1. The van der Waals surface area contributed by atoms with Gasteiger partial charge in [-0.15, -0.1) is 0 Å². The molecule has 2 heterocycles. The normalized spacial score (nSPS) is 17.5. The second kappa shape index (κ2) is 6.15. The zero-order chi connectivity index (χ0) is 15.5. The molecule has 2 rings (SSSR count). The minimum absolute atomic E-state index is 0.148. The largest absolute Gasteiger partial charge is 0.481 e. The first-order chi connectivity index (χ1) is 9.98. The van der Waals surface area contributed by atoms with Gasteiger partial charge in [-0.25, -0.2) is 4.79 Å². The van der Waals surface area contributed by atoms with Crippen molar-refractivity contribution >= 4 is 12.0 Å². The van der Waals surface area contributed by atoms with Crippen LogP contribution >= 0.6 is 0 Å². The Labute approximate surface area is 123 Å². The maximum absolute atomic E-state index is 12.1. The Morgan fingerprint density at radius 2 is 2.14 bits per heavy atom. The van der Waals surface area contributed by atoms with Crippen LogP contribution in [-0.4, -0.2) is 45.3 Å². The molecule has 0 aromatic carbocycles. The van der Waals surface area contributed by atoms with Crippen LogP contribution < -0.4 is 5.32 Å². The van der Waals surface area contributed by atoms with E-state index in [9.17, 15) is 14.7 Å². The van der Waals surface area contributed by atoms with E-state index in [0.29, 0.717) is 38.9 Å². The van der Waals surface area contributed by atoms with Crippen molar-refractivity contribution in [3.63, 3.8) is 0 Å². The first-order valence-electron chi connectivity index (χ1n) is 7.23. The minimum Gasteiger partial charge on any atom is -0.481 e. The number of H-pyrrole nitrogens is 1. The van der Waals surface area contributed by atoms with Crippen molar-refractivity contribution in [1.82, 2.24) is 20.4 Å². The van der Waals surface area contributed by atoms with E-state index in [-0.39, 0.29) is 6.03 Å². The highest BCUT2D eigenvalue weighted by Gasteiger charge is 2.40. The van der Waals surface area contributed by atoms with Gasteiger partial charge in [-0.05, 0) is 26.2 Å². The number of likely N-dealkylation sites (tertiary alicyclic amines) is 1. The Kier molecular flexibility index (Phi) is 4.50. The Morgan fingerprint density at radius 1 is 1.48 bits per heavy atom. The predicted molar refractivity (Wildman–Crippen MR) is 76.7 cm³/mol. The summed E-state index contributed by atoms with van der Waals surface area (Å²) in [4.78, 5) is 25.2. The number of nitrogens with zero attached hydrogens (tertiary/aromatic N) is 2. The van der Waals surface area contributed by atoms with Gasteiger partial charge in [0, 0.05) is 30.9 Å². The van der Waals surface area contributed by atoms with Crippen molar-refractivity contribution in [3.8, 4) is 0 Å². The lowest BCUT2D eigenvalue weighted by molar-refractivity contribution is -0.151. The lowest BCUT2D eigenvalue weighted by Crippen LogP contribution is -2.49. The lowest BCUT2D eigenvalue weighted by Gasteiger charge is -2.38. The molecule has 0 unspecified atom stereocenters. The first kappa shape index (κ1) is 15.3. The molecule has 116 valence electrons. The van der Waals surface area contributed by atoms with E-state index in [4.69, 9.17) is 0 Å². The number of rotatable bonds is 4. The third-order valence-electron chi connectivity index (χ3n) is 4.50. The van der Waals surface area contributed by atoms with E-state index in [1.807, 2.05) is 13.8 Å². The summed E-state index contributed by atoms with van der Waals surface area (Å²) in [5, 5.41) is 18.9. The molecule has 3 N–H and O–H groups in total. The SMILES string of the molecule is CCC1(C(=O)O)CCN(C(=O)NCc2cn[nH]c2C)CC1. The molecule has 0 bridgehead atoms. The molecule has 7 heteroatoms. The summed E-state index contributed by atoms with van der Waals surface area (Å²) < 4.78 is 0. The molecule has 1 aliphatic rings. The summed E-state index contributed by atoms with van der Waals surface area (Å²) in [5.74, 6) is -0.751. The molecular formula is C14H22N4O3. The molecule has 1 fully saturated rings. The quantitative estimate of drug-likeness (QED) is 0.783. The summed E-state index contributed by atoms with van der Waals surface area (Å²) in [7, 11) is 0. The molecule has 1 aromatic heterocycles. The van der Waals surface area contributed by atoms with Crippen LogP contribution in [0.1, 0.15) is 37.4 Å². The second-order valence-corrected chi connectivity index (χ2v) is 5.61. The van der Waals surface area contributed by atoms with Gasteiger partial charge in [0.25, 0.3) is 0 Å². The fourth-order valence-corrected chi connectivity index (χ4v) is 2.69. The molecule has 0 aliphatic carbocycles. The van der Waals surface area contributed by atoms with Crippen LogP contribution in [0.4, 0.5) is 4.79 Å². The molecular weight excluding hydrogens is 272 g/mol. The number of carbonyl (C=O) groups is 2. The van der Waals surface area contributed by atoms with E-state index < -0.39 is 11.4 Å². The number of hydrogen-bond acceptors (Lipinski definition) is 3. The molecule has 7 nitrogen and oxygen atoms in total. The van der Waals surface area contributed by atoms with Crippen LogP contribution in [0.15, 0.2) is 6.20 Å². The summed E-state index contributed by atoms with van der Waals surface area (Å²) in [6, 6.07) is -0.148. The van der Waals surface area contributed by atoms with Crippen molar-refractivity contribution < 1.29 is 14.7 Å². The van der Waals surface area contributed by atoms with Crippen molar-refractivity contribution in [2.75, 3.05) is 13.1 Å². The third-order valence-corrected chi connectivity index (χ3v) is 4.50. The number of piperidine rings is 1. The zero-order valence-electron chi connectivity index (χ0n) is 12.5. The smallest absolute Gasteiger partial charge is 0.317 e. The van der Waals surface area contributed by atoms with Crippen molar-refractivity contribution in [1.29, 1.82) is 0 Å². The standard InChI is InChI=1S/C14H22N4O3/c1-3-14(12(19)20)4-6-18(7-5-14)13(21)15-8-11-9-16-17-10(11)2/h9H,3-8H2,1-2H3,(H,15,21)(H,16,17)(H,19,20). The van der Waals surface area contributed by atoms with Gasteiger partial charge in [-0.1, -0.05) is 6.92 Å². The summed E-state index contributed by atoms with van der Waals surface area (Å²) in [5.41, 5.74) is 1.22. The van der Waals surface area contributed by atoms with E-state index in [1.165, 1.54) is 0 Å². The number of aliphatic carboxylic acids is 1. The number of aromatic nitrogens is 2. The Morgan fingerprint density at radius 3 is 2.62 bits per heavy atom. The highest BCUT2D eigenvalue weighted by Crippen LogP contribution is 2.35. The van der Waals surface area contributed by atoms with Gasteiger partial charge in [0.1, 0.15) is 0 Å². The third kappa shape index (κ3) is 3.17. The molecule has 1 aliphatic heterocycles. The van der Waals surface area contributed by atoms with E-state index >= 15 is 0 Å². The van der Waals surface area contributed by atoms with Gasteiger partial charge in [0.2, 0.25) is 0 Å². The van der Waals surface area contributed by atoms with E-state index in [2.05, 4.69) is 15.5 Å². The number of carboxylic acids is 1. The van der Waals surface area contributed by atoms with Gasteiger partial charge in [0.15, 0.2) is 0 Å². The summed E-state index contributed by atoms with van der Waals surface area (Å²) in [6.45, 7) is 5.19. The topological polar surface area (TPSA) is 98.3 Å². The molecule has 2 amide bonds. The maximum atomic E-state index is 12.1. The number of carboxylic acid groups (broad SMARTS) is 1. The summed E-state index contributed by atoms with van der Waals surface area (Å²) >= 11 is 0. The molecule has 1 saturated heterocycles. The van der Waals surface area contributed by atoms with Crippen molar-refractivity contribution in [3.05, 3.63) is 17.5 Å². The number of urea groups is 1. The number of nitrogens with one attached hydrogen (secondary N) is 2. The van der Waals surface area contributed by atoms with Crippen LogP contribution in [0, 0.1) is 12.3 Å².